The Bertz CT molecular complexity index is 317. The van der Waals surface area contributed by atoms with Crippen molar-refractivity contribution in [1.29, 1.82) is 0 Å². The van der Waals surface area contributed by atoms with E-state index in [0.29, 0.717) is 11.5 Å². The van der Waals surface area contributed by atoms with Gasteiger partial charge < -0.3 is 9.67 Å². The number of carbonyl (C=O) groups is 1. The zero-order valence-electron chi connectivity index (χ0n) is 7.62. The van der Waals surface area contributed by atoms with Crippen molar-refractivity contribution in [3.05, 3.63) is 22.4 Å². The van der Waals surface area contributed by atoms with Crippen LogP contribution in [0.4, 0.5) is 0 Å². The molecule has 0 atom stereocenters. The summed E-state index contributed by atoms with van der Waals surface area (Å²) in [7, 11) is 0. The Balaban J connectivity index is 2.90. The summed E-state index contributed by atoms with van der Waals surface area (Å²) < 4.78 is 2.72. The van der Waals surface area contributed by atoms with Crippen LogP contribution in [0.3, 0.4) is 0 Å². The fourth-order valence-electron chi connectivity index (χ4n) is 1.13. The molecular formula is C9H12BrNO2. The molecule has 0 aliphatic rings. The highest BCUT2D eigenvalue weighted by Crippen LogP contribution is 2.16. The number of carboxylic acid groups (broad SMARTS) is 1. The highest BCUT2D eigenvalue weighted by Gasteiger charge is 2.09. The third-order valence-corrected chi connectivity index (χ3v) is 2.34. The smallest absolute Gasteiger partial charge is 0.337 e. The van der Waals surface area contributed by atoms with Gasteiger partial charge in [0.1, 0.15) is 0 Å². The lowest BCUT2D eigenvalue weighted by atomic mass is 10.2. The maximum absolute atomic E-state index is 10.6. The molecule has 0 radical (unpaired) electrons. The van der Waals surface area contributed by atoms with Crippen molar-refractivity contribution in [3.63, 3.8) is 0 Å². The van der Waals surface area contributed by atoms with Crippen LogP contribution in [0.1, 0.15) is 24.2 Å². The maximum atomic E-state index is 10.6. The van der Waals surface area contributed by atoms with Crippen LogP contribution >= 0.6 is 15.9 Å². The molecule has 1 N–H and O–H groups in total. The lowest BCUT2D eigenvalue weighted by Crippen LogP contribution is -2.03. The van der Waals surface area contributed by atoms with E-state index in [-0.39, 0.29) is 0 Å². The molecule has 1 heterocycles. The Morgan fingerprint density at radius 2 is 2.31 bits per heavy atom. The molecule has 0 fully saturated rings. The van der Waals surface area contributed by atoms with Crippen molar-refractivity contribution >= 4 is 21.9 Å². The van der Waals surface area contributed by atoms with Gasteiger partial charge in [0, 0.05) is 12.7 Å². The number of aromatic carboxylic acids is 1. The van der Waals surface area contributed by atoms with E-state index >= 15 is 0 Å². The van der Waals surface area contributed by atoms with Crippen LogP contribution in [-0.4, -0.2) is 15.6 Å². The van der Waals surface area contributed by atoms with Gasteiger partial charge >= 0.3 is 5.97 Å². The maximum Gasteiger partial charge on any atom is 0.337 e. The summed E-state index contributed by atoms with van der Waals surface area (Å²) in [6, 6.07) is 1.62. The van der Waals surface area contributed by atoms with Gasteiger partial charge in [-0.15, -0.1) is 0 Å². The summed E-state index contributed by atoms with van der Waals surface area (Å²) in [6.45, 7) is 5.01. The van der Waals surface area contributed by atoms with E-state index in [4.69, 9.17) is 5.11 Å². The Morgan fingerprint density at radius 1 is 1.69 bits per heavy atom. The average molecular weight is 246 g/mol. The minimum Gasteiger partial charge on any atom is -0.478 e. The first-order valence-electron chi connectivity index (χ1n) is 4.09. The molecule has 0 saturated heterocycles. The van der Waals surface area contributed by atoms with Gasteiger partial charge in [-0.2, -0.15) is 0 Å². The van der Waals surface area contributed by atoms with Crippen LogP contribution in [-0.2, 0) is 6.54 Å². The van der Waals surface area contributed by atoms with Crippen LogP contribution in [0.2, 0.25) is 0 Å². The summed E-state index contributed by atoms with van der Waals surface area (Å²) in [6.07, 6.45) is 1.65. The first-order chi connectivity index (χ1) is 6.00. The second kappa shape index (κ2) is 3.96. The molecule has 0 aliphatic heterocycles. The van der Waals surface area contributed by atoms with Gasteiger partial charge in [0.2, 0.25) is 0 Å². The van der Waals surface area contributed by atoms with Crippen molar-refractivity contribution in [3.8, 4) is 0 Å². The number of hydrogen-bond acceptors (Lipinski definition) is 1. The van der Waals surface area contributed by atoms with Crippen LogP contribution in [0.5, 0.6) is 0 Å². The number of aromatic nitrogens is 1. The fourth-order valence-corrected chi connectivity index (χ4v) is 1.62. The first kappa shape index (κ1) is 10.3. The van der Waals surface area contributed by atoms with Gasteiger partial charge in [-0.3, -0.25) is 0 Å². The predicted octanol–water partition coefficient (Wildman–Crippen LogP) is 2.60. The summed E-state index contributed by atoms with van der Waals surface area (Å²) in [4.78, 5) is 10.6. The van der Waals surface area contributed by atoms with Gasteiger partial charge in [-0.05, 0) is 27.9 Å². The Morgan fingerprint density at radius 3 is 2.69 bits per heavy atom. The van der Waals surface area contributed by atoms with Gasteiger partial charge in [0.25, 0.3) is 0 Å². The highest BCUT2D eigenvalue weighted by atomic mass is 79.9. The van der Waals surface area contributed by atoms with E-state index in [0.717, 1.165) is 11.1 Å². The summed E-state index contributed by atoms with van der Waals surface area (Å²) in [5.41, 5.74) is 0.326. The molecule has 0 saturated carbocycles. The third kappa shape index (κ3) is 2.59. The lowest BCUT2D eigenvalue weighted by molar-refractivity contribution is 0.0697. The van der Waals surface area contributed by atoms with E-state index in [9.17, 15) is 4.79 Å². The zero-order valence-corrected chi connectivity index (χ0v) is 9.21. The molecule has 72 valence electrons. The summed E-state index contributed by atoms with van der Waals surface area (Å²) in [5.74, 6) is -0.381. The normalized spacial score (nSPS) is 10.8. The molecule has 0 bridgehead atoms. The standard InChI is InChI=1S/C9H12BrNO2/c1-6(2)4-11-5-7(9(12)13)3-8(11)10/h3,5-6H,4H2,1-2H3,(H,12,13). The fraction of sp³-hybridized carbons (Fsp3) is 0.444. The molecule has 13 heavy (non-hydrogen) atoms. The molecule has 3 nitrogen and oxygen atoms in total. The SMILES string of the molecule is CC(C)Cn1cc(C(=O)O)cc1Br. The quantitative estimate of drug-likeness (QED) is 0.890. The van der Waals surface area contributed by atoms with Crippen molar-refractivity contribution in [2.75, 3.05) is 0 Å². The molecule has 4 heteroatoms. The second-order valence-electron chi connectivity index (χ2n) is 3.40. The van der Waals surface area contributed by atoms with Crippen LogP contribution in [0.25, 0.3) is 0 Å². The minimum absolute atomic E-state index is 0.326. The second-order valence-corrected chi connectivity index (χ2v) is 4.22. The third-order valence-electron chi connectivity index (χ3n) is 1.65. The van der Waals surface area contributed by atoms with E-state index < -0.39 is 5.97 Å². The largest absolute Gasteiger partial charge is 0.478 e. The Hall–Kier alpha value is -0.770. The van der Waals surface area contributed by atoms with Crippen molar-refractivity contribution in [2.45, 2.75) is 20.4 Å². The summed E-state index contributed by atoms with van der Waals surface area (Å²) >= 11 is 3.31. The summed E-state index contributed by atoms with van der Waals surface area (Å²) in [5, 5.41) is 8.72. The van der Waals surface area contributed by atoms with E-state index in [2.05, 4.69) is 29.8 Å². The number of nitrogens with zero attached hydrogens (tertiary/aromatic N) is 1. The van der Waals surface area contributed by atoms with Crippen molar-refractivity contribution in [1.82, 2.24) is 4.57 Å². The monoisotopic (exact) mass is 245 g/mol. The van der Waals surface area contributed by atoms with Crippen LogP contribution in [0.15, 0.2) is 16.9 Å². The van der Waals surface area contributed by atoms with Gasteiger partial charge in [0.15, 0.2) is 0 Å². The molecular weight excluding hydrogens is 234 g/mol. The first-order valence-corrected chi connectivity index (χ1v) is 4.89. The Labute approximate surface area is 85.5 Å². The van der Waals surface area contributed by atoms with Crippen LogP contribution < -0.4 is 0 Å². The Kier molecular flexibility index (Phi) is 3.14. The van der Waals surface area contributed by atoms with Gasteiger partial charge in [-0.25, -0.2) is 4.79 Å². The molecule has 1 aromatic heterocycles. The van der Waals surface area contributed by atoms with Gasteiger partial charge in [-0.1, -0.05) is 13.8 Å². The predicted molar refractivity (Wildman–Crippen MR) is 53.9 cm³/mol. The molecule has 0 spiro atoms. The van der Waals surface area contributed by atoms with Crippen LogP contribution in [0, 0.1) is 5.92 Å². The van der Waals surface area contributed by atoms with E-state index in [1.807, 2.05) is 4.57 Å². The number of carboxylic acids is 1. The molecule has 1 rings (SSSR count). The number of rotatable bonds is 3. The van der Waals surface area contributed by atoms with E-state index in [1.54, 1.807) is 12.3 Å². The topological polar surface area (TPSA) is 42.2 Å². The zero-order chi connectivity index (χ0) is 10.0. The molecule has 1 aromatic rings. The number of hydrogen-bond donors (Lipinski definition) is 1. The average Bonchev–Trinajstić information content (AvgIpc) is 2.31. The molecule has 0 amide bonds. The minimum atomic E-state index is -0.886. The molecule has 0 unspecified atom stereocenters. The highest BCUT2D eigenvalue weighted by molar-refractivity contribution is 9.10. The number of halogens is 1. The molecule has 0 aromatic carbocycles. The lowest BCUT2D eigenvalue weighted by Gasteiger charge is -2.06. The van der Waals surface area contributed by atoms with E-state index in [1.165, 1.54) is 0 Å². The molecule has 0 aliphatic carbocycles. The van der Waals surface area contributed by atoms with Crippen molar-refractivity contribution in [2.24, 2.45) is 5.92 Å². The van der Waals surface area contributed by atoms with Gasteiger partial charge in [0.05, 0.1) is 10.2 Å². The van der Waals surface area contributed by atoms with Crippen molar-refractivity contribution < 1.29 is 9.90 Å².